The molecule has 130 valence electrons. The zero-order valence-corrected chi connectivity index (χ0v) is 15.1. The predicted octanol–water partition coefficient (Wildman–Crippen LogP) is 3.96. The zero-order chi connectivity index (χ0) is 18.4. The molecular weight excluding hydrogens is 346 g/mol. The van der Waals surface area contributed by atoms with Crippen LogP contribution in [0.5, 0.6) is 0 Å². The number of hydrogen-bond donors (Lipinski definition) is 0. The van der Waals surface area contributed by atoms with E-state index in [1.54, 1.807) is 0 Å². The van der Waals surface area contributed by atoms with Gasteiger partial charge in [-0.3, -0.25) is 0 Å². The van der Waals surface area contributed by atoms with Gasteiger partial charge < -0.3 is 4.43 Å². The lowest BCUT2D eigenvalue weighted by Crippen LogP contribution is -2.69. The van der Waals surface area contributed by atoms with E-state index in [1.165, 1.54) is 0 Å². The van der Waals surface area contributed by atoms with Gasteiger partial charge in [0.15, 0.2) is 5.76 Å². The molecule has 0 spiro atoms. The normalized spacial score (nSPS) is 10.8. The molecule has 0 N–H and O–H groups in total. The van der Waals surface area contributed by atoms with Crippen molar-refractivity contribution in [1.29, 1.82) is 0 Å². The Morgan fingerprint density at radius 1 is 0.692 bits per heavy atom. The Balaban J connectivity index is 2.35. The van der Waals surface area contributed by atoms with Gasteiger partial charge in [0, 0.05) is 0 Å². The Hall–Kier alpha value is -2.98. The second kappa shape index (κ2) is 7.93. The summed E-state index contributed by atoms with van der Waals surface area (Å²) in [5, 5.41) is 2.66. The van der Waals surface area contributed by atoms with Gasteiger partial charge in [-0.2, -0.15) is 8.78 Å². The molecule has 0 amide bonds. The summed E-state index contributed by atoms with van der Waals surface area (Å²) >= 11 is 0. The second-order valence-corrected chi connectivity index (χ2v) is 9.01. The van der Waals surface area contributed by atoms with Crippen LogP contribution in [-0.4, -0.2) is 8.32 Å². The van der Waals surface area contributed by atoms with E-state index < -0.39 is 20.2 Å². The molecule has 1 nitrogen and oxygen atoms in total. The number of benzene rings is 3. The summed E-state index contributed by atoms with van der Waals surface area (Å²) in [6.07, 6.45) is -0.800. The van der Waals surface area contributed by atoms with Crippen molar-refractivity contribution in [2.45, 2.75) is 0 Å². The van der Waals surface area contributed by atoms with E-state index in [0.717, 1.165) is 21.6 Å². The second-order valence-electron chi connectivity index (χ2n) is 5.71. The largest absolute Gasteiger partial charge is 0.527 e. The zero-order valence-electron chi connectivity index (χ0n) is 14.1. The molecular formula is C22H18F2OSi. The fourth-order valence-corrected chi connectivity index (χ4v) is 6.85. The third kappa shape index (κ3) is 3.37. The first-order valence-electron chi connectivity index (χ1n) is 8.22. The van der Waals surface area contributed by atoms with Crippen LogP contribution in [0.4, 0.5) is 8.78 Å². The van der Waals surface area contributed by atoms with Crippen molar-refractivity contribution in [2.75, 3.05) is 0 Å². The molecule has 0 aliphatic heterocycles. The first-order valence-corrected chi connectivity index (χ1v) is 10.1. The molecule has 0 aliphatic rings. The van der Waals surface area contributed by atoms with E-state index in [9.17, 15) is 8.78 Å². The van der Waals surface area contributed by atoms with Crippen molar-refractivity contribution >= 4 is 23.9 Å². The van der Waals surface area contributed by atoms with Crippen molar-refractivity contribution in [1.82, 2.24) is 0 Å². The van der Waals surface area contributed by atoms with Crippen molar-refractivity contribution in [2.24, 2.45) is 0 Å². The molecule has 0 fully saturated rings. The van der Waals surface area contributed by atoms with Gasteiger partial charge in [-0.1, -0.05) is 97.6 Å². The van der Waals surface area contributed by atoms with E-state index in [-0.39, 0.29) is 0 Å². The average Bonchev–Trinajstić information content (AvgIpc) is 2.71. The lowest BCUT2D eigenvalue weighted by molar-refractivity contribution is 0.344. The molecule has 0 unspecified atom stereocenters. The number of allylic oxidation sites excluding steroid dienone is 1. The minimum Gasteiger partial charge on any atom is -0.527 e. The first kappa shape index (κ1) is 17.8. The van der Waals surface area contributed by atoms with Crippen molar-refractivity contribution in [3.05, 3.63) is 115 Å². The van der Waals surface area contributed by atoms with Gasteiger partial charge in [0.1, 0.15) is 0 Å². The number of hydrogen-bond acceptors (Lipinski definition) is 1. The van der Waals surface area contributed by atoms with E-state index in [2.05, 4.69) is 6.58 Å². The third-order valence-electron chi connectivity index (χ3n) is 4.18. The molecule has 0 aromatic heterocycles. The van der Waals surface area contributed by atoms with E-state index >= 15 is 0 Å². The molecule has 0 radical (unpaired) electrons. The Bertz CT molecular complexity index is 793. The quantitative estimate of drug-likeness (QED) is 0.278. The minimum absolute atomic E-state index is 0.478. The fourth-order valence-electron chi connectivity index (χ4n) is 3.02. The highest BCUT2D eigenvalue weighted by Crippen LogP contribution is 2.18. The molecule has 0 aliphatic carbocycles. The van der Waals surface area contributed by atoms with Gasteiger partial charge in [0.2, 0.25) is 0 Å². The number of halogens is 2. The van der Waals surface area contributed by atoms with Gasteiger partial charge in [-0.15, -0.1) is 0 Å². The van der Waals surface area contributed by atoms with Gasteiger partial charge in [0.05, 0.1) is 0 Å². The molecule has 3 aromatic carbocycles. The van der Waals surface area contributed by atoms with Crippen LogP contribution in [0.3, 0.4) is 0 Å². The van der Waals surface area contributed by atoms with Crippen LogP contribution in [0.1, 0.15) is 0 Å². The monoisotopic (exact) mass is 364 g/mol. The summed E-state index contributed by atoms with van der Waals surface area (Å²) in [6, 6.07) is 28.7. The van der Waals surface area contributed by atoms with Crippen LogP contribution in [0, 0.1) is 0 Å². The fraction of sp³-hybridized carbons (Fsp3) is 0. The van der Waals surface area contributed by atoms with Crippen molar-refractivity contribution in [3.63, 3.8) is 0 Å². The SMILES string of the molecule is C=CC(O[Si](c1ccccc1)(c1ccccc1)c1ccccc1)=C(F)F. The molecule has 0 saturated heterocycles. The summed E-state index contributed by atoms with van der Waals surface area (Å²) < 4.78 is 33.1. The molecule has 0 bridgehead atoms. The highest BCUT2D eigenvalue weighted by Gasteiger charge is 2.44. The van der Waals surface area contributed by atoms with Gasteiger partial charge in [0.25, 0.3) is 0 Å². The Morgan fingerprint density at radius 3 is 1.31 bits per heavy atom. The van der Waals surface area contributed by atoms with Crippen LogP contribution >= 0.6 is 0 Å². The molecule has 3 aromatic rings. The van der Waals surface area contributed by atoms with Crippen molar-refractivity contribution < 1.29 is 13.2 Å². The van der Waals surface area contributed by atoms with E-state index in [4.69, 9.17) is 4.43 Å². The molecule has 0 saturated carbocycles. The lowest BCUT2D eigenvalue weighted by atomic mass is 10.3. The van der Waals surface area contributed by atoms with Crippen LogP contribution in [0.25, 0.3) is 0 Å². The van der Waals surface area contributed by atoms with E-state index in [1.807, 2.05) is 91.0 Å². The molecule has 4 heteroatoms. The summed E-state index contributed by atoms with van der Waals surface area (Å²) in [7, 11) is -3.18. The van der Waals surface area contributed by atoms with Gasteiger partial charge in [-0.05, 0) is 21.6 Å². The van der Waals surface area contributed by atoms with Gasteiger partial charge in [-0.25, -0.2) is 0 Å². The van der Waals surface area contributed by atoms with Crippen molar-refractivity contribution in [3.8, 4) is 0 Å². The summed E-state index contributed by atoms with van der Waals surface area (Å²) in [4.78, 5) is 0. The van der Waals surface area contributed by atoms with Crippen LogP contribution in [0.15, 0.2) is 115 Å². The first-order chi connectivity index (χ1) is 12.7. The number of rotatable bonds is 6. The van der Waals surface area contributed by atoms with Gasteiger partial charge >= 0.3 is 14.4 Å². The predicted molar refractivity (Wildman–Crippen MR) is 105 cm³/mol. The lowest BCUT2D eigenvalue weighted by Gasteiger charge is -2.33. The maximum atomic E-state index is 13.5. The summed E-state index contributed by atoms with van der Waals surface area (Å²) in [6.45, 7) is 3.51. The average molecular weight is 364 g/mol. The Morgan fingerprint density at radius 2 is 1.04 bits per heavy atom. The summed E-state index contributed by atoms with van der Waals surface area (Å²) in [5.41, 5.74) is 0. The smallest absolute Gasteiger partial charge is 0.347 e. The highest BCUT2D eigenvalue weighted by molar-refractivity contribution is 7.07. The minimum atomic E-state index is -3.18. The van der Waals surface area contributed by atoms with E-state index in [0.29, 0.717) is 0 Å². The summed E-state index contributed by atoms with van der Waals surface area (Å²) in [5.74, 6) is -0.478. The molecule has 26 heavy (non-hydrogen) atoms. The molecule has 3 rings (SSSR count). The van der Waals surface area contributed by atoms with Crippen LogP contribution < -0.4 is 15.6 Å². The third-order valence-corrected chi connectivity index (χ3v) is 8.14. The Kier molecular flexibility index (Phi) is 5.44. The molecule has 0 heterocycles. The Labute approximate surface area is 153 Å². The maximum absolute atomic E-state index is 13.5. The van der Waals surface area contributed by atoms with Crippen LogP contribution in [0.2, 0.25) is 0 Å². The standard InChI is InChI=1S/C22H18F2OSi/c1-2-21(22(23)24)25-26(18-12-6-3-7-13-18,19-14-8-4-9-15-19)20-16-10-5-11-17-20/h2-17H,1H2. The maximum Gasteiger partial charge on any atom is 0.347 e. The molecule has 0 atom stereocenters. The van der Waals surface area contributed by atoms with Crippen LogP contribution in [-0.2, 0) is 4.43 Å². The topological polar surface area (TPSA) is 9.23 Å². The highest BCUT2D eigenvalue weighted by atomic mass is 28.4.